The van der Waals surface area contributed by atoms with E-state index in [4.69, 9.17) is 5.73 Å². The summed E-state index contributed by atoms with van der Waals surface area (Å²) in [5.41, 5.74) is 8.06. The van der Waals surface area contributed by atoms with Crippen LogP contribution < -0.4 is 5.73 Å². The summed E-state index contributed by atoms with van der Waals surface area (Å²) in [4.78, 5) is 32.2. The number of nitrogens with two attached hydrogens (primary N) is 1. The lowest BCUT2D eigenvalue weighted by molar-refractivity contribution is -0.141. The second-order valence-electron chi connectivity index (χ2n) is 6.63. The maximum absolute atomic E-state index is 11.5. The molecular formula is C18H17N5O5. The van der Waals surface area contributed by atoms with Crippen molar-refractivity contribution < 1.29 is 24.9 Å². The monoisotopic (exact) mass is 383 g/mol. The fraction of sp³-hybridized carbons (Fsp3) is 0.222. The highest BCUT2D eigenvalue weighted by molar-refractivity contribution is 6.00. The average molecular weight is 383 g/mol. The summed E-state index contributed by atoms with van der Waals surface area (Å²) in [7, 11) is 0. The summed E-state index contributed by atoms with van der Waals surface area (Å²) < 4.78 is 1.76. The maximum atomic E-state index is 11.5. The van der Waals surface area contributed by atoms with E-state index >= 15 is 0 Å². The first kappa shape index (κ1) is 17.6. The van der Waals surface area contributed by atoms with E-state index in [2.05, 4.69) is 9.97 Å². The number of phenolic OH excluding ortho intramolecular Hbond substituents is 1. The predicted octanol–water partition coefficient (Wildman–Crippen LogP) is 1.76. The van der Waals surface area contributed by atoms with Crippen LogP contribution in [0.5, 0.6) is 5.75 Å². The number of hydrogen-bond acceptors (Lipinski definition) is 6. The SMILES string of the molecule is Nc1ncnc2c1c(-c1ccc(O)cc1)cn2[C@@H]1C[C@H](C(=O)O)N(C(=O)O)C1. The molecule has 0 saturated carbocycles. The van der Waals surface area contributed by atoms with Crippen molar-refractivity contribution in [2.24, 2.45) is 0 Å². The fourth-order valence-corrected chi connectivity index (χ4v) is 3.71. The van der Waals surface area contributed by atoms with Gasteiger partial charge >= 0.3 is 12.1 Å². The number of aromatic hydroxyl groups is 1. The highest BCUT2D eigenvalue weighted by atomic mass is 16.4. The lowest BCUT2D eigenvalue weighted by Gasteiger charge is -2.17. The summed E-state index contributed by atoms with van der Waals surface area (Å²) in [5.74, 6) is -0.808. The van der Waals surface area contributed by atoms with E-state index in [1.807, 2.05) is 0 Å². The molecule has 0 bridgehead atoms. The van der Waals surface area contributed by atoms with Crippen LogP contribution in [0.4, 0.5) is 10.6 Å². The Labute approximate surface area is 158 Å². The summed E-state index contributed by atoms with van der Waals surface area (Å²) in [6, 6.07) is 4.98. The van der Waals surface area contributed by atoms with Gasteiger partial charge in [0, 0.05) is 24.7 Å². The highest BCUT2D eigenvalue weighted by Crippen LogP contribution is 2.38. The minimum absolute atomic E-state index is 0.0228. The Morgan fingerprint density at radius 2 is 1.86 bits per heavy atom. The third-order valence-electron chi connectivity index (χ3n) is 5.02. The van der Waals surface area contributed by atoms with Crippen LogP contribution in [0.25, 0.3) is 22.2 Å². The van der Waals surface area contributed by atoms with E-state index in [0.29, 0.717) is 16.6 Å². The Morgan fingerprint density at radius 3 is 2.46 bits per heavy atom. The largest absolute Gasteiger partial charge is 0.508 e. The van der Waals surface area contributed by atoms with E-state index in [0.717, 1.165) is 10.5 Å². The van der Waals surface area contributed by atoms with Gasteiger partial charge in [-0.2, -0.15) is 0 Å². The number of nitrogen functional groups attached to an aromatic ring is 1. The molecule has 10 heteroatoms. The van der Waals surface area contributed by atoms with Crippen molar-refractivity contribution in [3.8, 4) is 16.9 Å². The van der Waals surface area contributed by atoms with Crippen LogP contribution in [0.1, 0.15) is 12.5 Å². The number of phenols is 1. The highest BCUT2D eigenvalue weighted by Gasteiger charge is 2.41. The molecule has 1 saturated heterocycles. The third kappa shape index (κ3) is 2.75. The number of benzene rings is 1. The van der Waals surface area contributed by atoms with Crippen LogP contribution in [0, 0.1) is 0 Å². The standard InChI is InChI=1S/C18H17N5O5/c19-15-14-12(9-1-3-11(24)4-2-9)7-22(16(14)21-8-20-15)10-5-13(17(25)26)23(6-10)18(27)28/h1-4,7-8,10,13,24H,5-6H2,(H,25,26)(H,27,28)(H2,19,20,21)/t10-,13-/m1/s1. The molecule has 1 amide bonds. The number of carbonyl (C=O) groups is 2. The Morgan fingerprint density at radius 1 is 1.14 bits per heavy atom. The number of fused-ring (bicyclic) bond motifs is 1. The van der Waals surface area contributed by atoms with Crippen molar-refractivity contribution in [1.82, 2.24) is 19.4 Å². The van der Waals surface area contributed by atoms with Crippen molar-refractivity contribution in [1.29, 1.82) is 0 Å². The molecule has 3 aromatic rings. The fourth-order valence-electron chi connectivity index (χ4n) is 3.71. The van der Waals surface area contributed by atoms with Crippen LogP contribution >= 0.6 is 0 Å². The van der Waals surface area contributed by atoms with Crippen LogP contribution in [0.15, 0.2) is 36.8 Å². The first-order valence-electron chi connectivity index (χ1n) is 8.49. The van der Waals surface area contributed by atoms with E-state index in [9.17, 15) is 24.9 Å². The van der Waals surface area contributed by atoms with Crippen molar-refractivity contribution in [2.75, 3.05) is 12.3 Å². The number of aliphatic carboxylic acids is 1. The molecular weight excluding hydrogens is 366 g/mol. The molecule has 1 aliphatic heterocycles. The number of hydrogen-bond donors (Lipinski definition) is 4. The molecule has 1 fully saturated rings. The van der Waals surface area contributed by atoms with Gasteiger partial charge in [-0.05, 0) is 17.7 Å². The Hall–Kier alpha value is -3.82. The topological polar surface area (TPSA) is 155 Å². The number of rotatable bonds is 3. The molecule has 3 heterocycles. The summed E-state index contributed by atoms with van der Waals surface area (Å²) in [6.45, 7) is 0.0228. The van der Waals surface area contributed by atoms with E-state index in [1.54, 1.807) is 35.0 Å². The lowest BCUT2D eigenvalue weighted by atomic mass is 10.1. The number of carboxylic acid groups (broad SMARTS) is 2. The number of aromatic nitrogens is 3. The van der Waals surface area contributed by atoms with Gasteiger partial charge in [0.15, 0.2) is 0 Å². The lowest BCUT2D eigenvalue weighted by Crippen LogP contribution is -2.39. The molecule has 1 aromatic carbocycles. The minimum atomic E-state index is -1.28. The van der Waals surface area contributed by atoms with Gasteiger partial charge in [0.05, 0.1) is 11.4 Å². The average Bonchev–Trinajstić information content (AvgIpc) is 3.25. The van der Waals surface area contributed by atoms with Crippen molar-refractivity contribution >= 4 is 28.9 Å². The first-order chi connectivity index (χ1) is 13.4. The maximum Gasteiger partial charge on any atom is 0.408 e. The molecule has 4 rings (SSSR count). The number of likely N-dealkylation sites (tertiary alicyclic amines) is 1. The quantitative estimate of drug-likeness (QED) is 0.533. The van der Waals surface area contributed by atoms with Gasteiger partial charge < -0.3 is 25.6 Å². The van der Waals surface area contributed by atoms with Gasteiger partial charge in [0.1, 0.15) is 29.6 Å². The molecule has 0 aliphatic carbocycles. The molecule has 1 aliphatic rings. The van der Waals surface area contributed by atoms with Crippen molar-refractivity contribution in [3.05, 3.63) is 36.8 Å². The van der Waals surface area contributed by atoms with Crippen LogP contribution in [-0.2, 0) is 4.79 Å². The minimum Gasteiger partial charge on any atom is -0.508 e. The molecule has 0 spiro atoms. The van der Waals surface area contributed by atoms with Crippen molar-refractivity contribution in [2.45, 2.75) is 18.5 Å². The Bertz CT molecular complexity index is 1060. The first-order valence-corrected chi connectivity index (χ1v) is 8.49. The van der Waals surface area contributed by atoms with Crippen LogP contribution in [0.2, 0.25) is 0 Å². The Balaban J connectivity index is 1.85. The molecule has 5 N–H and O–H groups in total. The van der Waals surface area contributed by atoms with E-state index < -0.39 is 24.1 Å². The molecule has 0 unspecified atom stereocenters. The zero-order valence-electron chi connectivity index (χ0n) is 14.6. The second kappa shape index (κ2) is 6.41. The molecule has 2 atom stereocenters. The number of amides is 1. The van der Waals surface area contributed by atoms with Crippen LogP contribution in [-0.4, -0.2) is 59.4 Å². The van der Waals surface area contributed by atoms with Gasteiger partial charge in [-0.15, -0.1) is 0 Å². The van der Waals surface area contributed by atoms with Gasteiger partial charge in [-0.25, -0.2) is 19.6 Å². The van der Waals surface area contributed by atoms with Gasteiger partial charge in [-0.1, -0.05) is 12.1 Å². The number of nitrogens with zero attached hydrogens (tertiary/aromatic N) is 4. The van der Waals surface area contributed by atoms with Gasteiger partial charge in [0.2, 0.25) is 0 Å². The number of anilines is 1. The smallest absolute Gasteiger partial charge is 0.408 e. The normalized spacial score (nSPS) is 19.2. The third-order valence-corrected chi connectivity index (χ3v) is 5.02. The van der Waals surface area contributed by atoms with E-state index in [-0.39, 0.29) is 24.5 Å². The van der Waals surface area contributed by atoms with E-state index in [1.165, 1.54) is 6.33 Å². The predicted molar refractivity (Wildman–Crippen MR) is 98.8 cm³/mol. The summed E-state index contributed by atoms with van der Waals surface area (Å²) in [6.07, 6.45) is 1.92. The summed E-state index contributed by atoms with van der Waals surface area (Å²) in [5, 5.41) is 28.9. The van der Waals surface area contributed by atoms with Gasteiger partial charge in [0.25, 0.3) is 0 Å². The molecule has 2 aromatic heterocycles. The van der Waals surface area contributed by atoms with Crippen molar-refractivity contribution in [3.63, 3.8) is 0 Å². The number of carboxylic acids is 1. The van der Waals surface area contributed by atoms with Crippen LogP contribution in [0.3, 0.4) is 0 Å². The summed E-state index contributed by atoms with van der Waals surface area (Å²) >= 11 is 0. The second-order valence-corrected chi connectivity index (χ2v) is 6.63. The molecule has 144 valence electrons. The zero-order chi connectivity index (χ0) is 20.0. The molecule has 28 heavy (non-hydrogen) atoms. The van der Waals surface area contributed by atoms with Gasteiger partial charge in [-0.3, -0.25) is 4.90 Å². The zero-order valence-corrected chi connectivity index (χ0v) is 14.6. The molecule has 10 nitrogen and oxygen atoms in total. The molecule has 0 radical (unpaired) electrons. The Kier molecular flexibility index (Phi) is 4.03.